The Bertz CT molecular complexity index is 804. The largest absolute Gasteiger partial charge is 0.494 e. The third kappa shape index (κ3) is 5.47. The highest BCUT2D eigenvalue weighted by molar-refractivity contribution is 6.31. The van der Waals surface area contributed by atoms with Crippen LogP contribution in [0, 0.1) is 12.8 Å². The molecule has 2 N–H and O–H groups in total. The Balaban J connectivity index is 2.10. The minimum absolute atomic E-state index is 0.0869. The molecule has 0 saturated heterocycles. The van der Waals surface area contributed by atoms with Crippen LogP contribution in [0.25, 0.3) is 0 Å². The maximum absolute atomic E-state index is 12.7. The molecule has 5 nitrogen and oxygen atoms in total. The molecule has 0 aliphatic heterocycles. The summed E-state index contributed by atoms with van der Waals surface area (Å²) in [6.07, 6.45) is 0. The average molecular weight is 389 g/mol. The third-order valence-corrected chi connectivity index (χ3v) is 4.60. The topological polar surface area (TPSA) is 67.4 Å². The van der Waals surface area contributed by atoms with Gasteiger partial charge in [-0.3, -0.25) is 9.59 Å². The van der Waals surface area contributed by atoms with E-state index in [0.29, 0.717) is 28.6 Å². The van der Waals surface area contributed by atoms with Gasteiger partial charge in [-0.2, -0.15) is 0 Å². The molecule has 27 heavy (non-hydrogen) atoms. The van der Waals surface area contributed by atoms with Gasteiger partial charge in [0.05, 0.1) is 6.61 Å². The zero-order chi connectivity index (χ0) is 20.0. The van der Waals surface area contributed by atoms with Crippen LogP contribution in [0.15, 0.2) is 42.5 Å². The Kier molecular flexibility index (Phi) is 7.25. The number of benzene rings is 2. The normalized spacial score (nSPS) is 11.8. The quantitative estimate of drug-likeness (QED) is 0.736. The minimum atomic E-state index is -0.678. The molecule has 0 aromatic heterocycles. The van der Waals surface area contributed by atoms with Gasteiger partial charge in [-0.05, 0) is 61.7 Å². The highest BCUT2D eigenvalue weighted by Gasteiger charge is 2.25. The van der Waals surface area contributed by atoms with Gasteiger partial charge in [-0.25, -0.2) is 0 Å². The second-order valence-electron chi connectivity index (χ2n) is 6.55. The fourth-order valence-electron chi connectivity index (χ4n) is 2.58. The first-order chi connectivity index (χ1) is 12.8. The van der Waals surface area contributed by atoms with Crippen molar-refractivity contribution in [2.45, 2.75) is 33.7 Å². The Morgan fingerprint density at radius 1 is 1.11 bits per heavy atom. The van der Waals surface area contributed by atoms with Crippen molar-refractivity contribution in [2.75, 3.05) is 11.9 Å². The molecule has 0 heterocycles. The summed E-state index contributed by atoms with van der Waals surface area (Å²) in [6, 6.07) is 11.5. The summed E-state index contributed by atoms with van der Waals surface area (Å²) in [4.78, 5) is 25.3. The van der Waals surface area contributed by atoms with Gasteiger partial charge in [0, 0.05) is 16.3 Å². The molecular weight excluding hydrogens is 364 g/mol. The van der Waals surface area contributed by atoms with Gasteiger partial charge in [0.2, 0.25) is 5.91 Å². The Morgan fingerprint density at radius 2 is 1.78 bits per heavy atom. The van der Waals surface area contributed by atoms with Gasteiger partial charge in [-0.1, -0.05) is 31.5 Å². The number of ether oxygens (including phenoxy) is 1. The minimum Gasteiger partial charge on any atom is -0.494 e. The van der Waals surface area contributed by atoms with E-state index in [1.165, 1.54) is 0 Å². The fourth-order valence-corrected chi connectivity index (χ4v) is 2.76. The summed E-state index contributed by atoms with van der Waals surface area (Å²) in [5, 5.41) is 6.25. The predicted molar refractivity (Wildman–Crippen MR) is 109 cm³/mol. The molecule has 144 valence electrons. The molecule has 0 fully saturated rings. The van der Waals surface area contributed by atoms with Crippen molar-refractivity contribution in [3.8, 4) is 5.75 Å². The summed E-state index contributed by atoms with van der Waals surface area (Å²) in [7, 11) is 0. The molecule has 2 rings (SSSR count). The number of hydrogen-bond acceptors (Lipinski definition) is 3. The molecule has 1 atom stereocenters. The van der Waals surface area contributed by atoms with E-state index in [0.717, 1.165) is 5.56 Å². The maximum Gasteiger partial charge on any atom is 0.251 e. The monoisotopic (exact) mass is 388 g/mol. The van der Waals surface area contributed by atoms with Crippen molar-refractivity contribution in [2.24, 2.45) is 5.92 Å². The molecule has 0 bridgehead atoms. The number of nitrogens with one attached hydrogen (secondary N) is 2. The van der Waals surface area contributed by atoms with Crippen molar-refractivity contribution >= 4 is 29.1 Å². The van der Waals surface area contributed by atoms with Crippen LogP contribution in [0.5, 0.6) is 5.75 Å². The van der Waals surface area contributed by atoms with Crippen LogP contribution < -0.4 is 15.4 Å². The number of halogens is 1. The summed E-state index contributed by atoms with van der Waals surface area (Å²) in [5.41, 5.74) is 1.89. The maximum atomic E-state index is 12.7. The molecule has 0 radical (unpaired) electrons. The van der Waals surface area contributed by atoms with Crippen LogP contribution >= 0.6 is 11.6 Å². The molecule has 2 aromatic rings. The van der Waals surface area contributed by atoms with E-state index in [9.17, 15) is 9.59 Å². The van der Waals surface area contributed by atoms with E-state index in [2.05, 4.69) is 10.6 Å². The van der Waals surface area contributed by atoms with Crippen LogP contribution in [-0.2, 0) is 4.79 Å². The highest BCUT2D eigenvalue weighted by atomic mass is 35.5. The SMILES string of the molecule is CCOc1ccc(C(=O)NC(C(=O)Nc2cccc(Cl)c2C)C(C)C)cc1. The number of carbonyl (C=O) groups excluding carboxylic acids is 2. The lowest BCUT2D eigenvalue weighted by molar-refractivity contribution is -0.118. The standard InChI is InChI=1S/C21H25ClN2O3/c1-5-27-16-11-9-15(10-12-16)20(25)24-19(13(2)3)21(26)23-18-8-6-7-17(22)14(18)4/h6-13,19H,5H2,1-4H3,(H,23,26)(H,24,25). The van der Waals surface area contributed by atoms with E-state index in [-0.39, 0.29) is 17.7 Å². The Morgan fingerprint density at radius 3 is 2.37 bits per heavy atom. The van der Waals surface area contributed by atoms with E-state index < -0.39 is 6.04 Å². The van der Waals surface area contributed by atoms with Gasteiger partial charge in [0.15, 0.2) is 0 Å². The van der Waals surface area contributed by atoms with Crippen molar-refractivity contribution in [1.82, 2.24) is 5.32 Å². The first kappa shape index (κ1) is 20.8. The van der Waals surface area contributed by atoms with E-state index in [1.54, 1.807) is 42.5 Å². The smallest absolute Gasteiger partial charge is 0.251 e. The molecule has 0 spiro atoms. The average Bonchev–Trinajstić information content (AvgIpc) is 2.64. The van der Waals surface area contributed by atoms with Crippen LogP contribution in [-0.4, -0.2) is 24.5 Å². The van der Waals surface area contributed by atoms with Crippen LogP contribution in [0.1, 0.15) is 36.7 Å². The number of rotatable bonds is 7. The van der Waals surface area contributed by atoms with E-state index >= 15 is 0 Å². The second-order valence-corrected chi connectivity index (χ2v) is 6.96. The van der Waals surface area contributed by atoms with Crippen LogP contribution in [0.3, 0.4) is 0 Å². The lowest BCUT2D eigenvalue weighted by atomic mass is 10.0. The Hall–Kier alpha value is -2.53. The fraction of sp³-hybridized carbons (Fsp3) is 0.333. The molecule has 0 saturated carbocycles. The third-order valence-electron chi connectivity index (χ3n) is 4.19. The predicted octanol–water partition coefficient (Wildman–Crippen LogP) is 4.44. The van der Waals surface area contributed by atoms with Crippen molar-refractivity contribution < 1.29 is 14.3 Å². The molecule has 2 aromatic carbocycles. The van der Waals surface area contributed by atoms with Crippen LogP contribution in [0.4, 0.5) is 5.69 Å². The van der Waals surface area contributed by atoms with Gasteiger partial charge in [-0.15, -0.1) is 0 Å². The summed E-state index contributed by atoms with van der Waals surface area (Å²) >= 11 is 6.11. The van der Waals surface area contributed by atoms with Gasteiger partial charge in [0.1, 0.15) is 11.8 Å². The molecular formula is C21H25ClN2O3. The Labute approximate surface area is 165 Å². The number of amides is 2. The van der Waals surface area contributed by atoms with Crippen molar-refractivity contribution in [3.05, 3.63) is 58.6 Å². The van der Waals surface area contributed by atoms with Crippen molar-refractivity contribution in [3.63, 3.8) is 0 Å². The lowest BCUT2D eigenvalue weighted by Crippen LogP contribution is -2.47. The van der Waals surface area contributed by atoms with Crippen LogP contribution in [0.2, 0.25) is 5.02 Å². The number of anilines is 1. The van der Waals surface area contributed by atoms with E-state index in [1.807, 2.05) is 27.7 Å². The molecule has 0 aliphatic carbocycles. The first-order valence-corrected chi connectivity index (χ1v) is 9.31. The van der Waals surface area contributed by atoms with Gasteiger partial charge >= 0.3 is 0 Å². The zero-order valence-corrected chi connectivity index (χ0v) is 16.8. The highest BCUT2D eigenvalue weighted by Crippen LogP contribution is 2.23. The first-order valence-electron chi connectivity index (χ1n) is 8.93. The second kappa shape index (κ2) is 9.42. The number of carbonyl (C=O) groups is 2. The molecule has 0 aliphatic rings. The van der Waals surface area contributed by atoms with E-state index in [4.69, 9.17) is 16.3 Å². The number of hydrogen-bond donors (Lipinski definition) is 2. The molecule has 6 heteroatoms. The molecule has 1 unspecified atom stereocenters. The van der Waals surface area contributed by atoms with Gasteiger partial charge < -0.3 is 15.4 Å². The lowest BCUT2D eigenvalue weighted by Gasteiger charge is -2.22. The summed E-state index contributed by atoms with van der Waals surface area (Å²) in [5.74, 6) is 0.0177. The van der Waals surface area contributed by atoms with Crippen molar-refractivity contribution in [1.29, 1.82) is 0 Å². The molecule has 2 amide bonds. The zero-order valence-electron chi connectivity index (χ0n) is 16.0. The van der Waals surface area contributed by atoms with Gasteiger partial charge in [0.25, 0.3) is 5.91 Å². The summed E-state index contributed by atoms with van der Waals surface area (Å²) < 4.78 is 5.38. The summed E-state index contributed by atoms with van der Waals surface area (Å²) in [6.45, 7) is 8.06.